The van der Waals surface area contributed by atoms with Gasteiger partial charge in [-0.25, -0.2) is 14.2 Å². The first-order chi connectivity index (χ1) is 12.0. The fraction of sp³-hybridized carbons (Fsp3) is 0.263. The first kappa shape index (κ1) is 18.6. The van der Waals surface area contributed by atoms with Crippen molar-refractivity contribution in [3.05, 3.63) is 65.2 Å². The minimum atomic E-state index is -0.749. The van der Waals surface area contributed by atoms with Crippen LogP contribution in [0.5, 0.6) is 5.75 Å². The van der Waals surface area contributed by atoms with Crippen molar-refractivity contribution in [1.82, 2.24) is 5.43 Å². The Morgan fingerprint density at radius 2 is 1.80 bits per heavy atom. The summed E-state index contributed by atoms with van der Waals surface area (Å²) in [6.07, 6.45) is 1.88. The van der Waals surface area contributed by atoms with Gasteiger partial charge in [-0.05, 0) is 48.7 Å². The Hall–Kier alpha value is -2.76. The Balaban J connectivity index is 1.91. The van der Waals surface area contributed by atoms with E-state index in [0.29, 0.717) is 23.8 Å². The molecule has 0 radical (unpaired) electrons. The SMILES string of the molecule is CC(C)CCOc1ccc(C(=O)N/N=C\c2c(F)cccc2F)cc1. The maximum absolute atomic E-state index is 13.4. The van der Waals surface area contributed by atoms with Crippen LogP contribution in [0, 0.1) is 17.6 Å². The minimum Gasteiger partial charge on any atom is -0.494 e. The molecule has 0 saturated carbocycles. The third kappa shape index (κ3) is 5.67. The molecule has 2 aromatic carbocycles. The first-order valence-corrected chi connectivity index (χ1v) is 7.97. The number of rotatable bonds is 7. The molecule has 25 heavy (non-hydrogen) atoms. The van der Waals surface area contributed by atoms with Gasteiger partial charge in [0.25, 0.3) is 5.91 Å². The number of carbonyl (C=O) groups excluding carboxylic acids is 1. The number of hydrogen-bond donors (Lipinski definition) is 1. The standard InChI is InChI=1S/C19H20F2N2O2/c1-13(2)10-11-25-15-8-6-14(7-9-15)19(24)23-22-12-16-17(20)4-3-5-18(16)21/h3-9,12-13H,10-11H2,1-2H3,(H,23,24)/b22-12-. The summed E-state index contributed by atoms with van der Waals surface area (Å²) >= 11 is 0. The largest absolute Gasteiger partial charge is 0.494 e. The van der Waals surface area contributed by atoms with Gasteiger partial charge in [-0.1, -0.05) is 19.9 Å². The van der Waals surface area contributed by atoms with Crippen LogP contribution < -0.4 is 10.2 Å². The van der Waals surface area contributed by atoms with Gasteiger partial charge in [0.1, 0.15) is 17.4 Å². The second-order valence-electron chi connectivity index (χ2n) is 5.89. The highest BCUT2D eigenvalue weighted by atomic mass is 19.1. The van der Waals surface area contributed by atoms with Crippen LogP contribution in [0.3, 0.4) is 0 Å². The van der Waals surface area contributed by atoms with E-state index >= 15 is 0 Å². The van der Waals surface area contributed by atoms with Crippen LogP contribution in [0.4, 0.5) is 8.78 Å². The predicted octanol–water partition coefficient (Wildman–Crippen LogP) is 4.15. The molecular weight excluding hydrogens is 326 g/mol. The number of hydrogen-bond acceptors (Lipinski definition) is 3. The van der Waals surface area contributed by atoms with Crippen molar-refractivity contribution in [3.8, 4) is 5.75 Å². The second kappa shape index (κ2) is 8.92. The molecule has 2 rings (SSSR count). The summed E-state index contributed by atoms with van der Waals surface area (Å²) < 4.78 is 32.4. The topological polar surface area (TPSA) is 50.7 Å². The van der Waals surface area contributed by atoms with E-state index < -0.39 is 17.5 Å². The van der Waals surface area contributed by atoms with Crippen LogP contribution in [-0.4, -0.2) is 18.7 Å². The van der Waals surface area contributed by atoms with E-state index in [4.69, 9.17) is 4.74 Å². The number of carbonyl (C=O) groups is 1. The second-order valence-corrected chi connectivity index (χ2v) is 5.89. The Morgan fingerprint density at radius 3 is 2.40 bits per heavy atom. The molecule has 0 aliphatic rings. The predicted molar refractivity (Wildman–Crippen MR) is 92.8 cm³/mol. The molecule has 0 bridgehead atoms. The molecule has 2 aromatic rings. The highest BCUT2D eigenvalue weighted by molar-refractivity contribution is 5.95. The molecule has 0 aromatic heterocycles. The van der Waals surface area contributed by atoms with E-state index in [1.165, 1.54) is 6.07 Å². The van der Waals surface area contributed by atoms with E-state index in [1.807, 2.05) is 0 Å². The molecule has 4 nitrogen and oxygen atoms in total. The third-order valence-electron chi connectivity index (χ3n) is 3.44. The monoisotopic (exact) mass is 346 g/mol. The van der Waals surface area contributed by atoms with Crippen LogP contribution >= 0.6 is 0 Å². The Morgan fingerprint density at radius 1 is 1.16 bits per heavy atom. The zero-order valence-corrected chi connectivity index (χ0v) is 14.1. The molecule has 0 aliphatic heterocycles. The molecule has 0 unspecified atom stereocenters. The lowest BCUT2D eigenvalue weighted by Gasteiger charge is -2.08. The third-order valence-corrected chi connectivity index (χ3v) is 3.44. The fourth-order valence-electron chi connectivity index (χ4n) is 1.97. The highest BCUT2D eigenvalue weighted by Crippen LogP contribution is 2.13. The van der Waals surface area contributed by atoms with Gasteiger partial charge in [0, 0.05) is 5.56 Å². The quantitative estimate of drug-likeness (QED) is 0.605. The molecule has 0 spiro atoms. The van der Waals surface area contributed by atoms with Crippen molar-refractivity contribution in [2.75, 3.05) is 6.61 Å². The number of nitrogens with zero attached hydrogens (tertiary/aromatic N) is 1. The number of amides is 1. The lowest BCUT2D eigenvalue weighted by molar-refractivity contribution is 0.0955. The lowest BCUT2D eigenvalue weighted by atomic mass is 10.1. The molecule has 1 amide bonds. The summed E-state index contributed by atoms with van der Waals surface area (Å²) in [6, 6.07) is 10.1. The van der Waals surface area contributed by atoms with Crippen molar-refractivity contribution >= 4 is 12.1 Å². The van der Waals surface area contributed by atoms with Crippen molar-refractivity contribution in [2.45, 2.75) is 20.3 Å². The van der Waals surface area contributed by atoms with E-state index in [9.17, 15) is 13.6 Å². The van der Waals surface area contributed by atoms with Crippen molar-refractivity contribution in [3.63, 3.8) is 0 Å². The van der Waals surface area contributed by atoms with Crippen LogP contribution in [-0.2, 0) is 0 Å². The van der Waals surface area contributed by atoms with Crippen LogP contribution in [0.2, 0.25) is 0 Å². The van der Waals surface area contributed by atoms with Crippen molar-refractivity contribution in [2.24, 2.45) is 11.0 Å². The van der Waals surface area contributed by atoms with Crippen LogP contribution in [0.15, 0.2) is 47.6 Å². The average Bonchev–Trinajstić information content (AvgIpc) is 2.57. The van der Waals surface area contributed by atoms with Gasteiger partial charge in [0.05, 0.1) is 18.4 Å². The van der Waals surface area contributed by atoms with Gasteiger partial charge >= 0.3 is 0 Å². The summed E-state index contributed by atoms with van der Waals surface area (Å²) in [5.41, 5.74) is 2.29. The van der Waals surface area contributed by atoms with Crippen LogP contribution in [0.25, 0.3) is 0 Å². The summed E-state index contributed by atoms with van der Waals surface area (Å²) in [7, 11) is 0. The zero-order valence-electron chi connectivity index (χ0n) is 14.1. The first-order valence-electron chi connectivity index (χ1n) is 7.97. The van der Waals surface area contributed by atoms with E-state index in [-0.39, 0.29) is 5.56 Å². The number of hydrazone groups is 1. The van der Waals surface area contributed by atoms with Gasteiger partial charge < -0.3 is 4.74 Å². The highest BCUT2D eigenvalue weighted by Gasteiger charge is 2.07. The van der Waals surface area contributed by atoms with Gasteiger partial charge in [-0.3, -0.25) is 4.79 Å². The van der Waals surface area contributed by atoms with E-state index in [1.54, 1.807) is 24.3 Å². The zero-order chi connectivity index (χ0) is 18.2. The molecule has 0 heterocycles. The Kier molecular flexibility index (Phi) is 6.62. The molecule has 0 fully saturated rings. The van der Waals surface area contributed by atoms with Crippen molar-refractivity contribution in [1.29, 1.82) is 0 Å². The molecule has 1 N–H and O–H groups in total. The van der Waals surface area contributed by atoms with Gasteiger partial charge in [-0.15, -0.1) is 0 Å². The molecule has 132 valence electrons. The Bertz CT molecular complexity index is 723. The number of ether oxygens (including phenoxy) is 1. The summed E-state index contributed by atoms with van der Waals surface area (Å²) in [5.74, 6) is -0.750. The molecule has 0 aliphatic carbocycles. The Labute approximate surface area is 145 Å². The van der Waals surface area contributed by atoms with Crippen LogP contribution in [0.1, 0.15) is 36.2 Å². The molecule has 6 heteroatoms. The fourth-order valence-corrected chi connectivity index (χ4v) is 1.97. The van der Waals surface area contributed by atoms with Gasteiger partial charge in [-0.2, -0.15) is 5.10 Å². The smallest absolute Gasteiger partial charge is 0.271 e. The summed E-state index contributed by atoms with van der Waals surface area (Å²) in [4.78, 5) is 12.0. The van der Waals surface area contributed by atoms with Gasteiger partial charge in [0.2, 0.25) is 0 Å². The average molecular weight is 346 g/mol. The van der Waals surface area contributed by atoms with E-state index in [2.05, 4.69) is 24.4 Å². The van der Waals surface area contributed by atoms with Crippen molar-refractivity contribution < 1.29 is 18.3 Å². The van der Waals surface area contributed by atoms with E-state index in [0.717, 1.165) is 24.8 Å². The van der Waals surface area contributed by atoms with Gasteiger partial charge in [0.15, 0.2) is 0 Å². The number of benzene rings is 2. The molecule has 0 saturated heterocycles. The minimum absolute atomic E-state index is 0.309. The maximum Gasteiger partial charge on any atom is 0.271 e. The number of halogens is 2. The molecular formula is C19H20F2N2O2. The summed E-state index contributed by atoms with van der Waals surface area (Å²) in [5, 5.41) is 3.60. The lowest BCUT2D eigenvalue weighted by Crippen LogP contribution is -2.17. The maximum atomic E-state index is 13.4. The number of nitrogens with one attached hydrogen (secondary N) is 1. The molecule has 0 atom stereocenters. The summed E-state index contributed by atoms with van der Waals surface area (Å²) in [6.45, 7) is 4.84. The normalized spacial score (nSPS) is 11.1.